The van der Waals surface area contributed by atoms with Gasteiger partial charge in [0.05, 0.1) is 12.7 Å². The Labute approximate surface area is 94.3 Å². The largest absolute Gasteiger partial charge is 0.464 e. The summed E-state index contributed by atoms with van der Waals surface area (Å²) in [6, 6.07) is 0.197. The van der Waals surface area contributed by atoms with Crippen LogP contribution < -0.4 is 15.4 Å². The number of nitrogen functional groups attached to an aromatic ring is 1. The van der Waals surface area contributed by atoms with Crippen molar-refractivity contribution in [3.63, 3.8) is 0 Å². The van der Waals surface area contributed by atoms with Gasteiger partial charge in [0.2, 0.25) is 11.9 Å². The van der Waals surface area contributed by atoms with Gasteiger partial charge in [0.1, 0.15) is 0 Å². The minimum Gasteiger partial charge on any atom is -0.464 e. The third-order valence-corrected chi connectivity index (χ3v) is 1.77. The third-order valence-electron chi connectivity index (χ3n) is 1.77. The number of nitrogens with two attached hydrogens (primary N) is 1. The topological polar surface area (TPSA) is 97.4 Å². The quantitative estimate of drug-likeness (QED) is 0.710. The summed E-state index contributed by atoms with van der Waals surface area (Å²) < 4.78 is 5.15. The molecule has 1 atom stereocenters. The molecule has 0 fully saturated rings. The lowest BCUT2D eigenvalue weighted by Gasteiger charge is -2.18. The highest BCUT2D eigenvalue weighted by Gasteiger charge is 2.11. The van der Waals surface area contributed by atoms with E-state index in [0.29, 0.717) is 19.1 Å². The molecule has 1 unspecified atom stereocenters. The number of hydrogen-bond donors (Lipinski definition) is 2. The zero-order valence-corrected chi connectivity index (χ0v) is 9.71. The molecular weight excluding hydrogens is 210 g/mol. The number of aliphatic hydroxyl groups excluding tert-OH is 1. The van der Waals surface area contributed by atoms with Gasteiger partial charge in [0.25, 0.3) is 0 Å². The third kappa shape index (κ3) is 3.50. The summed E-state index contributed by atoms with van der Waals surface area (Å²) in [5.74, 6) is 0.489. The van der Waals surface area contributed by atoms with E-state index in [9.17, 15) is 5.11 Å². The van der Waals surface area contributed by atoms with E-state index in [1.807, 2.05) is 6.92 Å². The second-order valence-electron chi connectivity index (χ2n) is 3.44. The van der Waals surface area contributed by atoms with Gasteiger partial charge < -0.3 is 20.5 Å². The molecule has 1 heterocycles. The molecule has 0 aromatic carbocycles. The standard InChI is InChI=1S/C9H17N5O2/c1-4-16-9-12-7(10)11-8(13-9)14(3)5-6(2)15/h6,15H,4-5H2,1-3H3,(H2,10,11,12,13). The molecule has 1 rings (SSSR count). The highest BCUT2D eigenvalue weighted by molar-refractivity contribution is 5.35. The minimum atomic E-state index is -0.474. The first-order valence-corrected chi connectivity index (χ1v) is 5.06. The number of aromatic nitrogens is 3. The predicted molar refractivity (Wildman–Crippen MR) is 60.4 cm³/mol. The molecule has 0 radical (unpaired) electrons. The number of nitrogens with zero attached hydrogens (tertiary/aromatic N) is 4. The first kappa shape index (κ1) is 12.4. The van der Waals surface area contributed by atoms with E-state index in [1.54, 1.807) is 18.9 Å². The number of ether oxygens (including phenoxy) is 1. The summed E-state index contributed by atoms with van der Waals surface area (Å²) >= 11 is 0. The van der Waals surface area contributed by atoms with Crippen LogP contribution in [0.1, 0.15) is 13.8 Å². The lowest BCUT2D eigenvalue weighted by molar-refractivity contribution is 0.201. The molecule has 0 aliphatic carbocycles. The minimum absolute atomic E-state index is 0.103. The van der Waals surface area contributed by atoms with Crippen LogP contribution >= 0.6 is 0 Å². The zero-order chi connectivity index (χ0) is 12.1. The number of aliphatic hydroxyl groups is 1. The average Bonchev–Trinajstić information content (AvgIpc) is 2.16. The lowest BCUT2D eigenvalue weighted by Crippen LogP contribution is -2.29. The Morgan fingerprint density at radius 3 is 2.69 bits per heavy atom. The molecule has 3 N–H and O–H groups in total. The van der Waals surface area contributed by atoms with Crippen molar-refractivity contribution in [1.29, 1.82) is 0 Å². The van der Waals surface area contributed by atoms with E-state index in [2.05, 4.69) is 15.0 Å². The van der Waals surface area contributed by atoms with Gasteiger partial charge in [0.15, 0.2) is 0 Å². The van der Waals surface area contributed by atoms with Crippen molar-refractivity contribution in [2.24, 2.45) is 0 Å². The normalized spacial score (nSPS) is 12.2. The zero-order valence-electron chi connectivity index (χ0n) is 9.71. The fourth-order valence-electron chi connectivity index (χ4n) is 1.20. The highest BCUT2D eigenvalue weighted by Crippen LogP contribution is 2.12. The second-order valence-corrected chi connectivity index (χ2v) is 3.44. The van der Waals surface area contributed by atoms with Crippen molar-refractivity contribution >= 4 is 11.9 Å². The molecule has 1 aromatic heterocycles. The number of rotatable bonds is 5. The van der Waals surface area contributed by atoms with Crippen LogP contribution in [0.4, 0.5) is 11.9 Å². The Balaban J connectivity index is 2.86. The van der Waals surface area contributed by atoms with Crippen molar-refractivity contribution in [2.75, 3.05) is 30.8 Å². The van der Waals surface area contributed by atoms with Crippen molar-refractivity contribution in [3.8, 4) is 6.01 Å². The highest BCUT2D eigenvalue weighted by atomic mass is 16.5. The number of hydrogen-bond acceptors (Lipinski definition) is 7. The van der Waals surface area contributed by atoms with E-state index < -0.39 is 6.10 Å². The Bertz CT molecular complexity index is 345. The molecule has 0 spiro atoms. The summed E-state index contributed by atoms with van der Waals surface area (Å²) in [5, 5.41) is 9.25. The van der Waals surface area contributed by atoms with Gasteiger partial charge >= 0.3 is 6.01 Å². The monoisotopic (exact) mass is 227 g/mol. The summed E-state index contributed by atoms with van der Waals surface area (Å²) in [6.07, 6.45) is -0.474. The van der Waals surface area contributed by atoms with Gasteiger partial charge in [0, 0.05) is 13.6 Å². The molecule has 7 heteroatoms. The van der Waals surface area contributed by atoms with E-state index in [0.717, 1.165) is 0 Å². The Hall–Kier alpha value is -1.63. The van der Waals surface area contributed by atoms with Crippen molar-refractivity contribution in [2.45, 2.75) is 20.0 Å². The Morgan fingerprint density at radius 2 is 2.12 bits per heavy atom. The van der Waals surface area contributed by atoms with Crippen LogP contribution in [0.2, 0.25) is 0 Å². The van der Waals surface area contributed by atoms with Crippen molar-refractivity contribution < 1.29 is 9.84 Å². The maximum atomic E-state index is 9.25. The molecule has 16 heavy (non-hydrogen) atoms. The molecular formula is C9H17N5O2. The molecule has 0 saturated heterocycles. The van der Waals surface area contributed by atoms with Gasteiger partial charge in [-0.25, -0.2) is 0 Å². The smallest absolute Gasteiger partial charge is 0.323 e. The van der Waals surface area contributed by atoms with Gasteiger partial charge in [-0.15, -0.1) is 0 Å². The summed E-state index contributed by atoms with van der Waals surface area (Å²) in [6.45, 7) is 4.39. The van der Waals surface area contributed by atoms with Gasteiger partial charge in [-0.2, -0.15) is 15.0 Å². The maximum absolute atomic E-state index is 9.25. The first-order valence-electron chi connectivity index (χ1n) is 5.06. The van der Waals surface area contributed by atoms with Crippen molar-refractivity contribution in [1.82, 2.24) is 15.0 Å². The van der Waals surface area contributed by atoms with Gasteiger partial charge in [-0.1, -0.05) is 0 Å². The summed E-state index contributed by atoms with van der Waals surface area (Å²) in [4.78, 5) is 13.5. The van der Waals surface area contributed by atoms with Crippen LogP contribution in [0.15, 0.2) is 0 Å². The molecule has 1 aromatic rings. The SMILES string of the molecule is CCOc1nc(N)nc(N(C)CC(C)O)n1. The van der Waals surface area contributed by atoms with Crippen LogP contribution in [0.25, 0.3) is 0 Å². The maximum Gasteiger partial charge on any atom is 0.323 e. The first-order chi connectivity index (χ1) is 7.52. The van der Waals surface area contributed by atoms with E-state index in [1.165, 1.54) is 0 Å². The Morgan fingerprint density at radius 1 is 1.44 bits per heavy atom. The van der Waals surface area contributed by atoms with Crippen LogP contribution in [0.5, 0.6) is 6.01 Å². The van der Waals surface area contributed by atoms with E-state index in [-0.39, 0.29) is 12.0 Å². The second kappa shape index (κ2) is 5.45. The molecule has 0 aliphatic rings. The number of anilines is 2. The van der Waals surface area contributed by atoms with Gasteiger partial charge in [-0.3, -0.25) is 0 Å². The molecule has 0 bridgehead atoms. The average molecular weight is 227 g/mol. The summed E-state index contributed by atoms with van der Waals surface area (Å²) in [7, 11) is 1.76. The molecule has 7 nitrogen and oxygen atoms in total. The van der Waals surface area contributed by atoms with Crippen LogP contribution in [0, 0.1) is 0 Å². The fourth-order valence-corrected chi connectivity index (χ4v) is 1.20. The van der Waals surface area contributed by atoms with Crippen molar-refractivity contribution in [3.05, 3.63) is 0 Å². The molecule has 90 valence electrons. The predicted octanol–water partition coefficient (Wildman–Crippen LogP) is -0.331. The van der Waals surface area contributed by atoms with E-state index >= 15 is 0 Å². The van der Waals surface area contributed by atoms with Crippen LogP contribution in [-0.2, 0) is 0 Å². The van der Waals surface area contributed by atoms with Crippen LogP contribution in [0.3, 0.4) is 0 Å². The molecule has 0 aliphatic heterocycles. The van der Waals surface area contributed by atoms with Gasteiger partial charge in [-0.05, 0) is 13.8 Å². The lowest BCUT2D eigenvalue weighted by atomic mass is 10.4. The number of likely N-dealkylation sites (N-methyl/N-ethyl adjacent to an activating group) is 1. The fraction of sp³-hybridized carbons (Fsp3) is 0.667. The summed E-state index contributed by atoms with van der Waals surface area (Å²) in [5.41, 5.74) is 5.53. The molecule has 0 amide bonds. The van der Waals surface area contributed by atoms with E-state index in [4.69, 9.17) is 10.5 Å². The van der Waals surface area contributed by atoms with Crippen LogP contribution in [-0.4, -0.2) is 46.4 Å². The Kier molecular flexibility index (Phi) is 4.24. The molecule has 0 saturated carbocycles.